The van der Waals surface area contributed by atoms with Gasteiger partial charge >= 0.3 is 0 Å². The average molecular weight is 449 g/mol. The van der Waals surface area contributed by atoms with Gasteiger partial charge in [-0.1, -0.05) is 11.6 Å². The zero-order chi connectivity index (χ0) is 23.0. The second kappa shape index (κ2) is 8.25. The number of ether oxygens (including phenoxy) is 1. The number of Topliss-reactive ketones (excluding diaryl/α,β-unsaturated/α-hetero) is 1. The molecule has 3 aromatic rings. The Labute approximate surface area is 188 Å². The molecule has 1 aliphatic heterocycles. The summed E-state index contributed by atoms with van der Waals surface area (Å²) in [6.45, 7) is 1.74. The van der Waals surface area contributed by atoms with Gasteiger partial charge in [0.25, 0.3) is 11.7 Å². The van der Waals surface area contributed by atoms with Crippen LogP contribution in [0, 0.1) is 18.3 Å². The molecule has 1 amide bonds. The van der Waals surface area contributed by atoms with Gasteiger partial charge in [0.15, 0.2) is 0 Å². The minimum absolute atomic E-state index is 0.127. The highest BCUT2D eigenvalue weighted by molar-refractivity contribution is 6.51. The normalized spacial score (nSPS) is 17.4. The molecular formula is C24H17ClN2O5. The van der Waals surface area contributed by atoms with Gasteiger partial charge in [0.2, 0.25) is 0 Å². The molecule has 1 N–H and O–H groups in total. The molecular weight excluding hydrogens is 432 g/mol. The molecule has 1 aromatic heterocycles. The number of nitriles is 1. The van der Waals surface area contributed by atoms with Crippen molar-refractivity contribution in [2.24, 2.45) is 0 Å². The molecule has 4 rings (SSSR count). The summed E-state index contributed by atoms with van der Waals surface area (Å²) < 4.78 is 11.0. The summed E-state index contributed by atoms with van der Waals surface area (Å²) in [6.07, 6.45) is 0. The smallest absolute Gasteiger partial charge is 0.300 e. The molecule has 0 bridgehead atoms. The van der Waals surface area contributed by atoms with E-state index in [-0.39, 0.29) is 16.9 Å². The van der Waals surface area contributed by atoms with Crippen LogP contribution in [-0.4, -0.2) is 23.9 Å². The van der Waals surface area contributed by atoms with E-state index >= 15 is 0 Å². The van der Waals surface area contributed by atoms with Gasteiger partial charge in [0.1, 0.15) is 29.1 Å². The van der Waals surface area contributed by atoms with Crippen LogP contribution in [0.4, 0.5) is 5.69 Å². The van der Waals surface area contributed by atoms with Crippen LogP contribution in [0.1, 0.15) is 28.7 Å². The lowest BCUT2D eigenvalue weighted by Crippen LogP contribution is -2.29. The number of hydrogen-bond acceptors (Lipinski definition) is 6. The van der Waals surface area contributed by atoms with Gasteiger partial charge in [0, 0.05) is 11.3 Å². The number of carbonyl (C=O) groups excluding carboxylic acids is 2. The van der Waals surface area contributed by atoms with Gasteiger partial charge in [0.05, 0.1) is 29.3 Å². The largest absolute Gasteiger partial charge is 0.507 e. The van der Waals surface area contributed by atoms with E-state index in [1.54, 1.807) is 43.3 Å². The summed E-state index contributed by atoms with van der Waals surface area (Å²) in [5.41, 5.74) is 0.928. The van der Waals surface area contributed by atoms with Crippen molar-refractivity contribution in [3.05, 3.63) is 87.8 Å². The van der Waals surface area contributed by atoms with E-state index < -0.39 is 17.7 Å². The fraction of sp³-hybridized carbons (Fsp3) is 0.125. The lowest BCUT2D eigenvalue weighted by molar-refractivity contribution is -0.132. The van der Waals surface area contributed by atoms with Crippen molar-refractivity contribution in [3.8, 4) is 11.8 Å². The van der Waals surface area contributed by atoms with Gasteiger partial charge in [-0.25, -0.2) is 0 Å². The first kappa shape index (κ1) is 21.2. The molecule has 160 valence electrons. The van der Waals surface area contributed by atoms with Crippen molar-refractivity contribution in [3.63, 3.8) is 0 Å². The highest BCUT2D eigenvalue weighted by atomic mass is 35.5. The number of anilines is 1. The summed E-state index contributed by atoms with van der Waals surface area (Å²) in [4.78, 5) is 27.4. The van der Waals surface area contributed by atoms with E-state index in [0.717, 1.165) is 0 Å². The standard InChI is InChI=1S/C24H17ClN2O5/c1-13-3-10-18(32-13)21-20(22(28)15-6-9-17(25)19(11-15)31-2)23(29)24(30)27(21)16-7-4-14(12-26)5-8-16/h3-11,21,28H,1-2H3/b22-20-. The molecule has 8 heteroatoms. The van der Waals surface area contributed by atoms with E-state index in [1.165, 1.54) is 30.2 Å². The molecule has 1 fully saturated rings. The fourth-order valence-electron chi connectivity index (χ4n) is 3.63. The Bertz CT molecular complexity index is 1300. The number of aryl methyl sites for hydroxylation is 1. The van der Waals surface area contributed by atoms with Gasteiger partial charge in [-0.3, -0.25) is 14.5 Å². The molecule has 0 spiro atoms. The van der Waals surface area contributed by atoms with Gasteiger partial charge < -0.3 is 14.3 Å². The molecule has 2 heterocycles. The Kier molecular flexibility index (Phi) is 5.47. The SMILES string of the molecule is COc1cc(/C(O)=C2/C(=O)C(=O)N(c3ccc(C#N)cc3)C2c2ccc(C)o2)ccc1Cl. The molecule has 0 saturated carbocycles. The molecule has 7 nitrogen and oxygen atoms in total. The first-order valence-electron chi connectivity index (χ1n) is 9.57. The van der Waals surface area contributed by atoms with Crippen molar-refractivity contribution in [1.29, 1.82) is 5.26 Å². The predicted molar refractivity (Wildman–Crippen MR) is 117 cm³/mol. The summed E-state index contributed by atoms with van der Waals surface area (Å²) in [5.74, 6) is -0.862. The van der Waals surface area contributed by atoms with Crippen molar-refractivity contribution >= 4 is 34.7 Å². The van der Waals surface area contributed by atoms with Crippen LogP contribution in [0.5, 0.6) is 5.75 Å². The zero-order valence-electron chi connectivity index (χ0n) is 17.1. The number of methoxy groups -OCH3 is 1. The van der Waals surface area contributed by atoms with Crippen LogP contribution in [-0.2, 0) is 9.59 Å². The van der Waals surface area contributed by atoms with Crippen LogP contribution >= 0.6 is 11.6 Å². The number of nitrogens with zero attached hydrogens (tertiary/aromatic N) is 2. The molecule has 1 atom stereocenters. The predicted octanol–water partition coefficient (Wildman–Crippen LogP) is 4.75. The van der Waals surface area contributed by atoms with Crippen LogP contribution in [0.25, 0.3) is 5.76 Å². The third-order valence-corrected chi connectivity index (χ3v) is 5.49. The first-order valence-corrected chi connectivity index (χ1v) is 9.95. The maximum absolute atomic E-state index is 13.1. The number of hydrogen-bond donors (Lipinski definition) is 1. The molecule has 0 aliphatic carbocycles. The Balaban J connectivity index is 1.92. The Morgan fingerprint density at radius 3 is 2.47 bits per heavy atom. The number of aliphatic hydroxyl groups is 1. The van der Waals surface area contributed by atoms with Crippen molar-refractivity contribution < 1.29 is 23.8 Å². The number of ketones is 1. The third-order valence-electron chi connectivity index (χ3n) is 5.17. The minimum Gasteiger partial charge on any atom is -0.507 e. The van der Waals surface area contributed by atoms with Crippen molar-refractivity contribution in [2.45, 2.75) is 13.0 Å². The van der Waals surface area contributed by atoms with Crippen LogP contribution in [0.3, 0.4) is 0 Å². The van der Waals surface area contributed by atoms with Crippen molar-refractivity contribution in [1.82, 2.24) is 0 Å². The van der Waals surface area contributed by atoms with E-state index in [4.69, 9.17) is 26.0 Å². The first-order chi connectivity index (χ1) is 15.3. The van der Waals surface area contributed by atoms with Gasteiger partial charge in [-0.2, -0.15) is 5.26 Å². The van der Waals surface area contributed by atoms with E-state index in [9.17, 15) is 14.7 Å². The lowest BCUT2D eigenvalue weighted by atomic mass is 9.99. The Hall–Kier alpha value is -4.02. The quantitative estimate of drug-likeness (QED) is 0.351. The number of aliphatic hydroxyl groups excluding tert-OH is 1. The lowest BCUT2D eigenvalue weighted by Gasteiger charge is -2.23. The molecule has 0 radical (unpaired) electrons. The van der Waals surface area contributed by atoms with Gasteiger partial charge in [-0.15, -0.1) is 0 Å². The van der Waals surface area contributed by atoms with Crippen molar-refractivity contribution in [2.75, 3.05) is 12.0 Å². The maximum atomic E-state index is 13.1. The second-order valence-electron chi connectivity index (χ2n) is 7.13. The highest BCUT2D eigenvalue weighted by Gasteiger charge is 2.48. The summed E-state index contributed by atoms with van der Waals surface area (Å²) in [6, 6.07) is 15.1. The number of carbonyl (C=O) groups is 2. The van der Waals surface area contributed by atoms with Gasteiger partial charge in [-0.05, 0) is 61.5 Å². The molecule has 1 unspecified atom stereocenters. The second-order valence-corrected chi connectivity index (χ2v) is 7.53. The molecule has 1 saturated heterocycles. The van der Waals surface area contributed by atoms with E-state index in [0.29, 0.717) is 33.5 Å². The zero-order valence-corrected chi connectivity index (χ0v) is 17.9. The topological polar surface area (TPSA) is 104 Å². The molecule has 32 heavy (non-hydrogen) atoms. The molecule has 1 aliphatic rings. The number of rotatable bonds is 4. The Morgan fingerprint density at radius 1 is 1.16 bits per heavy atom. The van der Waals surface area contributed by atoms with E-state index in [2.05, 4.69) is 0 Å². The summed E-state index contributed by atoms with van der Waals surface area (Å²) in [5, 5.41) is 20.5. The summed E-state index contributed by atoms with van der Waals surface area (Å²) in [7, 11) is 1.43. The fourth-order valence-corrected chi connectivity index (χ4v) is 3.82. The van der Waals surface area contributed by atoms with Crippen LogP contribution in [0.15, 0.2) is 64.6 Å². The summed E-state index contributed by atoms with van der Waals surface area (Å²) >= 11 is 6.08. The number of amides is 1. The number of benzene rings is 2. The van der Waals surface area contributed by atoms with Crippen LogP contribution < -0.4 is 9.64 Å². The van der Waals surface area contributed by atoms with E-state index in [1.807, 2.05) is 6.07 Å². The average Bonchev–Trinajstić information content (AvgIpc) is 3.34. The molecule has 2 aromatic carbocycles. The Morgan fingerprint density at radius 2 is 1.88 bits per heavy atom. The number of furan rings is 1. The monoisotopic (exact) mass is 448 g/mol. The van der Waals surface area contributed by atoms with Crippen LogP contribution in [0.2, 0.25) is 5.02 Å². The number of halogens is 1. The highest BCUT2D eigenvalue weighted by Crippen LogP contribution is 2.43. The maximum Gasteiger partial charge on any atom is 0.300 e. The minimum atomic E-state index is -1.00. The third kappa shape index (κ3) is 3.51.